The second kappa shape index (κ2) is 10.1. The smallest absolute Gasteiger partial charge is 0.322 e. The van der Waals surface area contributed by atoms with Crippen molar-refractivity contribution in [1.29, 1.82) is 0 Å². The zero-order valence-corrected chi connectivity index (χ0v) is 19.7. The lowest BCUT2D eigenvalue weighted by Crippen LogP contribution is -2.39. The fourth-order valence-corrected chi connectivity index (χ4v) is 4.04. The summed E-state index contributed by atoms with van der Waals surface area (Å²) >= 11 is 5.94. The van der Waals surface area contributed by atoms with Gasteiger partial charge < -0.3 is 24.4 Å². The van der Waals surface area contributed by atoms with Gasteiger partial charge in [-0.15, -0.1) is 0 Å². The molecule has 2 aromatic carbocycles. The van der Waals surface area contributed by atoms with Crippen molar-refractivity contribution in [1.82, 2.24) is 14.7 Å². The zero-order chi connectivity index (χ0) is 23.4. The number of benzene rings is 2. The Hall–Kier alpha value is -3.23. The number of urea groups is 1. The lowest BCUT2D eigenvalue weighted by atomic mass is 10.1. The summed E-state index contributed by atoms with van der Waals surface area (Å²) in [6, 6.07) is 12.7. The molecule has 3 aromatic rings. The van der Waals surface area contributed by atoms with Gasteiger partial charge in [0.05, 0.1) is 45.4 Å². The normalized spacial score (nSPS) is 12.9. The van der Waals surface area contributed by atoms with Gasteiger partial charge in [0.2, 0.25) is 0 Å². The van der Waals surface area contributed by atoms with Crippen LogP contribution in [-0.2, 0) is 38.0 Å². The number of nitrogens with zero attached hydrogens (tertiary/aromatic N) is 3. The number of aryl methyl sites for hydroxylation is 1. The van der Waals surface area contributed by atoms with Crippen molar-refractivity contribution in [2.75, 3.05) is 26.1 Å². The topological polar surface area (TPSA) is 77.8 Å². The average Bonchev–Trinajstić information content (AvgIpc) is 3.15. The molecule has 2 amide bonds. The number of fused-ring (bicyclic) bond motifs is 1. The van der Waals surface area contributed by atoms with Gasteiger partial charge >= 0.3 is 6.03 Å². The molecule has 1 N–H and O–H groups in total. The number of carbonyl (C=O) groups is 1. The third-order valence-corrected chi connectivity index (χ3v) is 5.93. The van der Waals surface area contributed by atoms with Gasteiger partial charge in [0.25, 0.3) is 0 Å². The Labute approximate surface area is 198 Å². The second-order valence-electron chi connectivity index (χ2n) is 7.78. The predicted molar refractivity (Wildman–Crippen MR) is 126 cm³/mol. The second-order valence-corrected chi connectivity index (χ2v) is 8.22. The van der Waals surface area contributed by atoms with Crippen LogP contribution >= 0.6 is 11.6 Å². The van der Waals surface area contributed by atoms with Gasteiger partial charge in [0.15, 0.2) is 0 Å². The van der Waals surface area contributed by atoms with Crippen LogP contribution in [0.4, 0.5) is 10.5 Å². The Bertz CT molecular complexity index is 1130. The number of anilines is 1. The van der Waals surface area contributed by atoms with Crippen molar-refractivity contribution in [2.24, 2.45) is 7.05 Å². The highest BCUT2D eigenvalue weighted by Crippen LogP contribution is 2.30. The van der Waals surface area contributed by atoms with Crippen LogP contribution in [0.2, 0.25) is 5.02 Å². The largest absolute Gasteiger partial charge is 0.497 e. The van der Waals surface area contributed by atoms with Crippen molar-refractivity contribution < 1.29 is 19.0 Å². The molecule has 8 nitrogen and oxygen atoms in total. The van der Waals surface area contributed by atoms with Gasteiger partial charge in [-0.05, 0) is 29.8 Å². The van der Waals surface area contributed by atoms with Gasteiger partial charge in [-0.3, -0.25) is 4.68 Å². The summed E-state index contributed by atoms with van der Waals surface area (Å²) in [6.07, 6.45) is 0.721. The molecular weight excluding hydrogens is 444 g/mol. The molecule has 9 heteroatoms. The zero-order valence-electron chi connectivity index (χ0n) is 18.9. The summed E-state index contributed by atoms with van der Waals surface area (Å²) in [5, 5.41) is 8.28. The Balaban J connectivity index is 1.43. The molecule has 2 heterocycles. The number of hydrogen-bond donors (Lipinski definition) is 1. The first kappa shape index (κ1) is 22.9. The number of halogens is 1. The van der Waals surface area contributed by atoms with Gasteiger partial charge in [0, 0.05) is 42.4 Å². The standard InChI is InChI=1S/C24H27ClN4O4/c1-28-22-10-11-29(24(30)26-20-12-18(31-2)8-9-23(20)32-3)13-19(22)21(27-28)15-33-14-16-4-6-17(25)7-5-16/h4-9,12H,10-11,13-15H2,1-3H3,(H,26,30). The number of rotatable bonds is 7. The van der Waals surface area contributed by atoms with Gasteiger partial charge in [0.1, 0.15) is 11.5 Å². The van der Waals surface area contributed by atoms with E-state index in [1.807, 2.05) is 36.0 Å². The van der Waals surface area contributed by atoms with Crippen LogP contribution in [0.3, 0.4) is 0 Å². The van der Waals surface area contributed by atoms with Crippen molar-refractivity contribution in [3.8, 4) is 11.5 Å². The van der Waals surface area contributed by atoms with Crippen LogP contribution in [0.5, 0.6) is 11.5 Å². The molecule has 1 aliphatic heterocycles. The van der Waals surface area contributed by atoms with E-state index in [-0.39, 0.29) is 6.03 Å². The summed E-state index contributed by atoms with van der Waals surface area (Å²) in [7, 11) is 5.08. The Kier molecular flexibility index (Phi) is 7.05. The highest BCUT2D eigenvalue weighted by atomic mass is 35.5. The van der Waals surface area contributed by atoms with Crippen molar-refractivity contribution in [3.63, 3.8) is 0 Å². The third-order valence-electron chi connectivity index (χ3n) is 5.68. The fraction of sp³-hybridized carbons (Fsp3) is 0.333. The van der Waals surface area contributed by atoms with Crippen LogP contribution in [0.1, 0.15) is 22.5 Å². The lowest BCUT2D eigenvalue weighted by molar-refractivity contribution is 0.103. The van der Waals surface area contributed by atoms with E-state index in [2.05, 4.69) is 10.4 Å². The number of carbonyl (C=O) groups excluding carboxylic acids is 1. The molecule has 4 rings (SSSR count). The molecule has 0 bridgehead atoms. The van der Waals surface area contributed by atoms with E-state index in [9.17, 15) is 4.79 Å². The molecule has 0 fully saturated rings. The Morgan fingerprint density at radius 1 is 1.12 bits per heavy atom. The first-order valence-corrected chi connectivity index (χ1v) is 11.0. The molecule has 1 aliphatic rings. The van der Waals surface area contributed by atoms with Crippen LogP contribution in [-0.4, -0.2) is 41.5 Å². The quantitative estimate of drug-likeness (QED) is 0.553. The minimum Gasteiger partial charge on any atom is -0.497 e. The molecule has 0 unspecified atom stereocenters. The van der Waals surface area contributed by atoms with E-state index >= 15 is 0 Å². The minimum atomic E-state index is -0.205. The molecule has 0 spiro atoms. The summed E-state index contributed by atoms with van der Waals surface area (Å²) in [4.78, 5) is 14.8. The lowest BCUT2D eigenvalue weighted by Gasteiger charge is -2.28. The molecule has 0 aliphatic carbocycles. The van der Waals surface area contributed by atoms with E-state index in [1.54, 1.807) is 37.3 Å². The van der Waals surface area contributed by atoms with E-state index in [4.69, 9.17) is 25.8 Å². The summed E-state index contributed by atoms with van der Waals surface area (Å²) < 4.78 is 18.4. The van der Waals surface area contributed by atoms with Crippen LogP contribution in [0.15, 0.2) is 42.5 Å². The molecule has 1 aromatic heterocycles. The number of aromatic nitrogens is 2. The monoisotopic (exact) mass is 470 g/mol. The minimum absolute atomic E-state index is 0.205. The highest BCUT2D eigenvalue weighted by molar-refractivity contribution is 6.30. The van der Waals surface area contributed by atoms with Gasteiger partial charge in [-0.25, -0.2) is 4.79 Å². The van der Waals surface area contributed by atoms with Crippen molar-refractivity contribution >= 4 is 23.3 Å². The molecule has 0 saturated heterocycles. The first-order chi connectivity index (χ1) is 16.0. The summed E-state index contributed by atoms with van der Waals surface area (Å²) in [5.74, 6) is 1.21. The SMILES string of the molecule is COc1ccc(OC)c(NC(=O)N2CCc3c(c(COCc4ccc(Cl)cc4)nn3C)C2)c1. The van der Waals surface area contributed by atoms with Gasteiger partial charge in [-0.1, -0.05) is 23.7 Å². The van der Waals surface area contributed by atoms with Crippen molar-refractivity contribution in [3.05, 3.63) is 70.0 Å². The van der Waals surface area contributed by atoms with E-state index in [0.717, 1.165) is 28.9 Å². The highest BCUT2D eigenvalue weighted by Gasteiger charge is 2.27. The van der Waals surface area contributed by atoms with Crippen LogP contribution in [0.25, 0.3) is 0 Å². The predicted octanol–water partition coefficient (Wildman–Crippen LogP) is 4.40. The third kappa shape index (κ3) is 5.23. The fourth-order valence-electron chi connectivity index (χ4n) is 3.91. The average molecular weight is 471 g/mol. The van der Waals surface area contributed by atoms with Gasteiger partial charge in [-0.2, -0.15) is 5.10 Å². The van der Waals surface area contributed by atoms with Crippen molar-refractivity contribution in [2.45, 2.75) is 26.2 Å². The maximum Gasteiger partial charge on any atom is 0.322 e. The molecule has 0 atom stereocenters. The molecule has 33 heavy (non-hydrogen) atoms. The van der Waals surface area contributed by atoms with E-state index < -0.39 is 0 Å². The number of nitrogens with one attached hydrogen (secondary N) is 1. The summed E-state index contributed by atoms with van der Waals surface area (Å²) in [6.45, 7) is 1.88. The maximum atomic E-state index is 13.0. The van der Waals surface area contributed by atoms with E-state index in [0.29, 0.717) is 48.5 Å². The number of methoxy groups -OCH3 is 2. The Morgan fingerprint density at radius 2 is 1.91 bits per heavy atom. The maximum absolute atomic E-state index is 13.0. The Morgan fingerprint density at radius 3 is 2.64 bits per heavy atom. The van der Waals surface area contributed by atoms with E-state index in [1.165, 1.54) is 0 Å². The molecular formula is C24H27ClN4O4. The molecule has 0 saturated carbocycles. The first-order valence-electron chi connectivity index (χ1n) is 10.6. The number of amides is 2. The van der Waals surface area contributed by atoms with Crippen LogP contribution < -0.4 is 14.8 Å². The number of ether oxygens (including phenoxy) is 3. The molecule has 0 radical (unpaired) electrons. The van der Waals surface area contributed by atoms with Crippen LogP contribution in [0, 0.1) is 0 Å². The summed E-state index contributed by atoms with van der Waals surface area (Å²) in [5.41, 5.74) is 4.61. The molecule has 174 valence electrons. The number of hydrogen-bond acceptors (Lipinski definition) is 5.